The summed E-state index contributed by atoms with van der Waals surface area (Å²) in [6.45, 7) is 2.52. The molecule has 2 bridgehead atoms. The Morgan fingerprint density at radius 2 is 1.66 bits per heavy atom. The van der Waals surface area contributed by atoms with Gasteiger partial charge >= 0.3 is 0 Å². The lowest BCUT2D eigenvalue weighted by Gasteiger charge is -2.45. The molecular weight excluding hydrogens is 416 g/mol. The largest absolute Gasteiger partial charge is 0.352 e. The van der Waals surface area contributed by atoms with Crippen LogP contribution in [0.1, 0.15) is 57.8 Å². The Morgan fingerprint density at radius 3 is 2.34 bits per heavy atom. The van der Waals surface area contributed by atoms with Gasteiger partial charge in [0.15, 0.2) is 0 Å². The lowest BCUT2D eigenvalue weighted by molar-refractivity contribution is -0.115. The number of anilines is 1. The van der Waals surface area contributed by atoms with Crippen molar-refractivity contribution < 1.29 is 9.59 Å². The highest BCUT2D eigenvalue weighted by molar-refractivity contribution is 8.00. The highest BCUT2D eigenvalue weighted by Gasteiger charge is 2.42. The molecule has 3 aliphatic carbocycles. The standard InChI is InChI=1S/C27H24N2O2S/c1-15-26(30)29-23-13-16(10-11-24(23)32-15)27(31)28-14-17-12-22-18-6-2-4-8-20(18)25(17)21-9-5-3-7-19(21)22/h2-11,13,15,17,22,25H,12,14H2,1H3,(H,28,31)(H,29,30). The van der Waals surface area contributed by atoms with Crippen LogP contribution in [0.5, 0.6) is 0 Å². The Bertz CT molecular complexity index is 1210. The third kappa shape index (κ3) is 3.06. The third-order valence-corrected chi connectivity index (χ3v) is 8.30. The summed E-state index contributed by atoms with van der Waals surface area (Å²) in [4.78, 5) is 26.0. The van der Waals surface area contributed by atoms with Gasteiger partial charge in [0.25, 0.3) is 5.91 Å². The number of thioether (sulfide) groups is 1. The second-order valence-electron chi connectivity index (χ2n) is 8.95. The number of carbonyl (C=O) groups excluding carboxylic acids is 2. The van der Waals surface area contributed by atoms with Gasteiger partial charge in [0.2, 0.25) is 5.91 Å². The van der Waals surface area contributed by atoms with Crippen LogP contribution >= 0.6 is 11.8 Å². The molecule has 2 unspecified atom stereocenters. The minimum atomic E-state index is -0.116. The molecule has 0 fully saturated rings. The van der Waals surface area contributed by atoms with Crippen LogP contribution in [0.2, 0.25) is 0 Å². The fourth-order valence-corrected chi connectivity index (χ4v) is 6.57. The van der Waals surface area contributed by atoms with Gasteiger partial charge in [-0.3, -0.25) is 9.59 Å². The summed E-state index contributed by atoms with van der Waals surface area (Å²) in [6.07, 6.45) is 1.05. The fraction of sp³-hybridized carbons (Fsp3) is 0.259. The number of carbonyl (C=O) groups is 2. The molecule has 0 saturated heterocycles. The van der Waals surface area contributed by atoms with E-state index in [0.717, 1.165) is 17.0 Å². The number of fused-ring (bicyclic) bond motifs is 2. The van der Waals surface area contributed by atoms with Gasteiger partial charge in [-0.15, -0.1) is 11.8 Å². The van der Waals surface area contributed by atoms with E-state index in [2.05, 4.69) is 59.2 Å². The van der Waals surface area contributed by atoms with Crippen molar-refractivity contribution in [3.63, 3.8) is 0 Å². The molecular formula is C27H24N2O2S. The molecule has 1 heterocycles. The van der Waals surface area contributed by atoms with Gasteiger partial charge in [-0.2, -0.15) is 0 Å². The predicted molar refractivity (Wildman–Crippen MR) is 127 cm³/mol. The first kappa shape index (κ1) is 19.6. The summed E-state index contributed by atoms with van der Waals surface area (Å²) < 4.78 is 0. The number of rotatable bonds is 3. The van der Waals surface area contributed by atoms with Crippen LogP contribution in [0, 0.1) is 5.92 Å². The second-order valence-corrected chi connectivity index (χ2v) is 10.3. The summed E-state index contributed by atoms with van der Waals surface area (Å²) in [7, 11) is 0. The van der Waals surface area contributed by atoms with Gasteiger partial charge in [0, 0.05) is 28.8 Å². The second kappa shape index (κ2) is 7.52. The van der Waals surface area contributed by atoms with Crippen LogP contribution < -0.4 is 10.6 Å². The molecule has 32 heavy (non-hydrogen) atoms. The van der Waals surface area contributed by atoms with Gasteiger partial charge < -0.3 is 10.6 Å². The first-order valence-electron chi connectivity index (χ1n) is 11.2. The van der Waals surface area contributed by atoms with Gasteiger partial charge in [0.1, 0.15) is 0 Å². The molecule has 2 atom stereocenters. The normalized spacial score (nSPS) is 24.7. The summed E-state index contributed by atoms with van der Waals surface area (Å²) in [5.41, 5.74) is 7.01. The molecule has 4 nitrogen and oxygen atoms in total. The molecule has 0 saturated carbocycles. The average Bonchev–Trinajstić information content (AvgIpc) is 2.83. The molecule has 1 aliphatic heterocycles. The van der Waals surface area contributed by atoms with Crippen LogP contribution in [0.25, 0.3) is 0 Å². The highest BCUT2D eigenvalue weighted by Crippen LogP contribution is 2.55. The van der Waals surface area contributed by atoms with Crippen LogP contribution in [0.4, 0.5) is 5.69 Å². The fourth-order valence-electron chi connectivity index (χ4n) is 5.64. The lowest BCUT2D eigenvalue weighted by atomic mass is 9.59. The van der Waals surface area contributed by atoms with Gasteiger partial charge in [-0.1, -0.05) is 48.5 Å². The topological polar surface area (TPSA) is 58.2 Å². The molecule has 0 aromatic heterocycles. The summed E-state index contributed by atoms with van der Waals surface area (Å²) in [5.74, 6) is 0.965. The first-order valence-corrected chi connectivity index (χ1v) is 12.1. The Kier molecular flexibility index (Phi) is 4.61. The molecule has 2 N–H and O–H groups in total. The van der Waals surface area contributed by atoms with Crippen molar-refractivity contribution in [3.8, 4) is 0 Å². The Morgan fingerprint density at radius 1 is 1.00 bits per heavy atom. The van der Waals surface area contributed by atoms with Crippen LogP contribution in [-0.4, -0.2) is 23.6 Å². The van der Waals surface area contributed by atoms with Crippen LogP contribution in [0.3, 0.4) is 0 Å². The van der Waals surface area contributed by atoms with Crippen molar-refractivity contribution in [1.29, 1.82) is 0 Å². The van der Waals surface area contributed by atoms with Crippen LogP contribution in [-0.2, 0) is 4.79 Å². The number of hydrogen-bond donors (Lipinski definition) is 2. The van der Waals surface area contributed by atoms with E-state index < -0.39 is 0 Å². The molecule has 3 aromatic carbocycles. The molecule has 0 spiro atoms. The Labute approximate surface area is 191 Å². The van der Waals surface area contributed by atoms with Crippen LogP contribution in [0.15, 0.2) is 71.6 Å². The summed E-state index contributed by atoms with van der Waals surface area (Å²) in [6, 6.07) is 23.1. The van der Waals surface area contributed by atoms with Crippen molar-refractivity contribution >= 4 is 29.3 Å². The third-order valence-electron chi connectivity index (χ3n) is 7.12. The van der Waals surface area contributed by atoms with E-state index in [9.17, 15) is 9.59 Å². The maximum atomic E-state index is 13.0. The summed E-state index contributed by atoms with van der Waals surface area (Å²) >= 11 is 1.53. The van der Waals surface area contributed by atoms with Crippen molar-refractivity contribution in [2.24, 2.45) is 5.92 Å². The maximum absolute atomic E-state index is 13.0. The van der Waals surface area contributed by atoms with E-state index in [4.69, 9.17) is 0 Å². The van der Waals surface area contributed by atoms with Crippen molar-refractivity contribution in [2.75, 3.05) is 11.9 Å². The maximum Gasteiger partial charge on any atom is 0.251 e. The minimum Gasteiger partial charge on any atom is -0.352 e. The zero-order chi connectivity index (χ0) is 21.8. The van der Waals surface area contributed by atoms with E-state index in [1.165, 1.54) is 34.0 Å². The smallest absolute Gasteiger partial charge is 0.251 e. The van der Waals surface area contributed by atoms with Gasteiger partial charge in [0.05, 0.1) is 10.9 Å². The van der Waals surface area contributed by atoms with E-state index >= 15 is 0 Å². The first-order chi connectivity index (χ1) is 15.6. The molecule has 7 rings (SSSR count). The molecule has 3 aromatic rings. The van der Waals surface area contributed by atoms with E-state index in [-0.39, 0.29) is 17.1 Å². The van der Waals surface area contributed by atoms with Crippen molar-refractivity contribution in [1.82, 2.24) is 5.32 Å². The SMILES string of the molecule is CC1Sc2ccc(C(=O)NCC3CC4c5ccccc5C3c3ccccc34)cc2NC1=O. The van der Waals surface area contributed by atoms with Gasteiger partial charge in [-0.05, 0) is 59.7 Å². The van der Waals surface area contributed by atoms with E-state index in [1.54, 1.807) is 6.07 Å². The molecule has 5 heteroatoms. The Balaban J connectivity index is 1.23. The lowest BCUT2D eigenvalue weighted by Crippen LogP contribution is -2.39. The number of hydrogen-bond acceptors (Lipinski definition) is 3. The minimum absolute atomic E-state index is 0.0179. The zero-order valence-corrected chi connectivity index (χ0v) is 18.6. The number of amides is 2. The van der Waals surface area contributed by atoms with Crippen molar-refractivity contribution in [3.05, 3.63) is 94.5 Å². The molecule has 160 valence electrons. The Hall–Kier alpha value is -3.05. The van der Waals surface area contributed by atoms with E-state index in [0.29, 0.717) is 29.9 Å². The quantitative estimate of drug-likeness (QED) is 0.592. The average molecular weight is 441 g/mol. The highest BCUT2D eigenvalue weighted by atomic mass is 32.2. The summed E-state index contributed by atoms with van der Waals surface area (Å²) in [5, 5.41) is 5.98. The number of nitrogens with one attached hydrogen (secondary N) is 2. The zero-order valence-electron chi connectivity index (χ0n) is 17.8. The van der Waals surface area contributed by atoms with Crippen molar-refractivity contribution in [2.45, 2.75) is 35.3 Å². The van der Waals surface area contributed by atoms with Gasteiger partial charge in [-0.25, -0.2) is 0 Å². The molecule has 2 amide bonds. The van der Waals surface area contributed by atoms with E-state index in [1.807, 2.05) is 19.1 Å². The molecule has 4 aliphatic rings. The predicted octanol–water partition coefficient (Wildman–Crippen LogP) is 5.15. The molecule has 0 radical (unpaired) electrons. The monoisotopic (exact) mass is 440 g/mol. The number of benzene rings is 3.